The molecule has 0 N–H and O–H groups in total. The number of hydrogen-bond donors (Lipinski definition) is 0. The summed E-state index contributed by atoms with van der Waals surface area (Å²) in [5.74, 6) is 2.77. The fourth-order valence-electron chi connectivity index (χ4n) is 6.11. The standard InChI is InChI=1S/C18H28N2O2/c1-12(2)20-4-3-19(11-16(20)21)17(22)18-8-13-5-14(9-18)7-15(6-13)10-18/h12-15H,3-11H2,1-2H3. The van der Waals surface area contributed by atoms with Crippen LogP contribution in [-0.2, 0) is 9.59 Å². The average Bonchev–Trinajstić information content (AvgIpc) is 2.44. The van der Waals surface area contributed by atoms with Crippen molar-refractivity contribution < 1.29 is 9.59 Å². The van der Waals surface area contributed by atoms with Crippen molar-refractivity contribution in [3.63, 3.8) is 0 Å². The lowest BCUT2D eigenvalue weighted by atomic mass is 9.49. The van der Waals surface area contributed by atoms with Gasteiger partial charge in [-0.2, -0.15) is 0 Å². The van der Waals surface area contributed by atoms with Crippen molar-refractivity contribution in [2.45, 2.75) is 58.4 Å². The molecule has 5 rings (SSSR count). The normalized spacial score (nSPS) is 40.7. The van der Waals surface area contributed by atoms with E-state index in [0.29, 0.717) is 19.0 Å². The first-order valence-corrected chi connectivity index (χ1v) is 9.06. The highest BCUT2D eigenvalue weighted by Gasteiger charge is 2.55. The van der Waals surface area contributed by atoms with E-state index in [1.54, 1.807) is 0 Å². The van der Waals surface area contributed by atoms with E-state index in [4.69, 9.17) is 0 Å². The lowest BCUT2D eigenvalue weighted by Gasteiger charge is -2.57. The molecule has 4 saturated carbocycles. The molecule has 0 radical (unpaired) electrons. The number of nitrogens with zero attached hydrogens (tertiary/aromatic N) is 2. The molecule has 4 aliphatic carbocycles. The topological polar surface area (TPSA) is 40.6 Å². The molecule has 0 spiro atoms. The lowest BCUT2D eigenvalue weighted by molar-refractivity contribution is -0.163. The Balaban J connectivity index is 1.50. The van der Waals surface area contributed by atoms with Gasteiger partial charge in [-0.1, -0.05) is 0 Å². The quantitative estimate of drug-likeness (QED) is 0.785. The predicted molar refractivity (Wildman–Crippen MR) is 84.0 cm³/mol. The lowest BCUT2D eigenvalue weighted by Crippen LogP contribution is -2.60. The second-order valence-corrected chi connectivity index (χ2v) is 8.61. The zero-order valence-electron chi connectivity index (χ0n) is 13.9. The Kier molecular flexibility index (Phi) is 3.28. The second-order valence-electron chi connectivity index (χ2n) is 8.61. The molecule has 2 amide bonds. The minimum atomic E-state index is -0.102. The van der Waals surface area contributed by atoms with Crippen molar-refractivity contribution in [3.8, 4) is 0 Å². The van der Waals surface area contributed by atoms with E-state index in [1.165, 1.54) is 19.3 Å². The largest absolute Gasteiger partial charge is 0.337 e. The van der Waals surface area contributed by atoms with Crippen molar-refractivity contribution in [1.29, 1.82) is 0 Å². The summed E-state index contributed by atoms with van der Waals surface area (Å²) in [6.45, 7) is 5.83. The molecule has 5 fully saturated rings. The van der Waals surface area contributed by atoms with Gasteiger partial charge in [0, 0.05) is 19.1 Å². The van der Waals surface area contributed by atoms with Crippen LogP contribution in [-0.4, -0.2) is 47.3 Å². The molecule has 122 valence electrons. The molecule has 0 unspecified atom stereocenters. The molecular weight excluding hydrogens is 276 g/mol. The molecule has 1 aliphatic heterocycles. The van der Waals surface area contributed by atoms with Crippen LogP contribution in [0, 0.1) is 23.2 Å². The summed E-state index contributed by atoms with van der Waals surface area (Å²) in [5.41, 5.74) is -0.102. The summed E-state index contributed by atoms with van der Waals surface area (Å²) in [4.78, 5) is 29.3. The average molecular weight is 304 g/mol. The minimum absolute atomic E-state index is 0.102. The van der Waals surface area contributed by atoms with E-state index in [0.717, 1.165) is 43.6 Å². The summed E-state index contributed by atoms with van der Waals surface area (Å²) in [7, 11) is 0. The predicted octanol–water partition coefficient (Wildman–Crippen LogP) is 2.28. The molecule has 0 aromatic rings. The molecule has 0 aromatic carbocycles. The monoisotopic (exact) mass is 304 g/mol. The summed E-state index contributed by atoms with van der Waals surface area (Å²) in [6.07, 6.45) is 7.34. The number of piperazine rings is 1. The number of hydrogen-bond acceptors (Lipinski definition) is 2. The van der Waals surface area contributed by atoms with Crippen molar-refractivity contribution in [1.82, 2.24) is 9.80 Å². The fraction of sp³-hybridized carbons (Fsp3) is 0.889. The Morgan fingerprint density at radius 2 is 1.59 bits per heavy atom. The van der Waals surface area contributed by atoms with Crippen molar-refractivity contribution in [3.05, 3.63) is 0 Å². The maximum absolute atomic E-state index is 13.2. The first-order valence-electron chi connectivity index (χ1n) is 9.06. The van der Waals surface area contributed by atoms with Crippen LogP contribution in [0.25, 0.3) is 0 Å². The van der Waals surface area contributed by atoms with Crippen LogP contribution in [0.1, 0.15) is 52.4 Å². The smallest absolute Gasteiger partial charge is 0.242 e. The van der Waals surface area contributed by atoms with Crippen molar-refractivity contribution in [2.75, 3.05) is 19.6 Å². The summed E-state index contributed by atoms with van der Waals surface area (Å²) < 4.78 is 0. The molecular formula is C18H28N2O2. The molecule has 4 bridgehead atoms. The van der Waals surface area contributed by atoms with Crippen LogP contribution < -0.4 is 0 Å². The Morgan fingerprint density at radius 1 is 1.05 bits per heavy atom. The highest BCUT2D eigenvalue weighted by Crippen LogP contribution is 2.60. The highest BCUT2D eigenvalue weighted by atomic mass is 16.2. The third kappa shape index (κ3) is 2.17. The Bertz CT molecular complexity index is 464. The maximum atomic E-state index is 13.2. The number of amides is 2. The summed E-state index contributed by atoms with van der Waals surface area (Å²) in [6, 6.07) is 0.240. The molecule has 4 nitrogen and oxygen atoms in total. The Labute approximate surface area is 133 Å². The Morgan fingerprint density at radius 3 is 2.05 bits per heavy atom. The van der Waals surface area contributed by atoms with Crippen LogP contribution in [0.5, 0.6) is 0 Å². The van der Waals surface area contributed by atoms with E-state index in [-0.39, 0.29) is 17.4 Å². The number of rotatable bonds is 2. The third-order valence-corrected chi connectivity index (χ3v) is 6.66. The number of carbonyl (C=O) groups is 2. The SMILES string of the molecule is CC(C)N1CCN(C(=O)C23CC4CC(CC(C4)C2)C3)CC1=O. The van der Waals surface area contributed by atoms with Gasteiger partial charge in [-0.3, -0.25) is 9.59 Å². The molecule has 0 atom stereocenters. The van der Waals surface area contributed by atoms with E-state index in [1.807, 2.05) is 9.80 Å². The number of carbonyl (C=O) groups excluding carboxylic acids is 2. The van der Waals surface area contributed by atoms with Crippen molar-refractivity contribution in [2.24, 2.45) is 23.2 Å². The van der Waals surface area contributed by atoms with Gasteiger partial charge in [-0.25, -0.2) is 0 Å². The van der Waals surface area contributed by atoms with Gasteiger partial charge in [-0.05, 0) is 70.1 Å². The van der Waals surface area contributed by atoms with Crippen LogP contribution >= 0.6 is 0 Å². The summed E-state index contributed by atoms with van der Waals surface area (Å²) in [5, 5.41) is 0. The van der Waals surface area contributed by atoms with Gasteiger partial charge in [-0.15, -0.1) is 0 Å². The van der Waals surface area contributed by atoms with Crippen LogP contribution in [0.3, 0.4) is 0 Å². The first kappa shape index (κ1) is 14.5. The highest BCUT2D eigenvalue weighted by molar-refractivity contribution is 5.89. The van der Waals surface area contributed by atoms with E-state index >= 15 is 0 Å². The molecule has 1 saturated heterocycles. The summed E-state index contributed by atoms with van der Waals surface area (Å²) >= 11 is 0. The molecule has 4 heteroatoms. The van der Waals surface area contributed by atoms with Gasteiger partial charge in [0.15, 0.2) is 0 Å². The van der Waals surface area contributed by atoms with Gasteiger partial charge < -0.3 is 9.80 Å². The second kappa shape index (κ2) is 4.97. The van der Waals surface area contributed by atoms with E-state index in [2.05, 4.69) is 13.8 Å². The minimum Gasteiger partial charge on any atom is -0.337 e. The van der Waals surface area contributed by atoms with E-state index in [9.17, 15) is 9.59 Å². The fourth-order valence-corrected chi connectivity index (χ4v) is 6.11. The zero-order valence-corrected chi connectivity index (χ0v) is 13.9. The first-order chi connectivity index (χ1) is 10.5. The Hall–Kier alpha value is -1.06. The zero-order chi connectivity index (χ0) is 15.5. The van der Waals surface area contributed by atoms with Gasteiger partial charge in [0.25, 0.3) is 0 Å². The molecule has 1 heterocycles. The van der Waals surface area contributed by atoms with Crippen LogP contribution in [0.15, 0.2) is 0 Å². The van der Waals surface area contributed by atoms with E-state index < -0.39 is 0 Å². The van der Waals surface area contributed by atoms with Gasteiger partial charge in [0.1, 0.15) is 0 Å². The van der Waals surface area contributed by atoms with Crippen LogP contribution in [0.2, 0.25) is 0 Å². The maximum Gasteiger partial charge on any atom is 0.242 e. The molecule has 22 heavy (non-hydrogen) atoms. The molecule has 5 aliphatic rings. The van der Waals surface area contributed by atoms with Gasteiger partial charge >= 0.3 is 0 Å². The third-order valence-electron chi connectivity index (χ3n) is 6.66. The van der Waals surface area contributed by atoms with Gasteiger partial charge in [0.2, 0.25) is 11.8 Å². The van der Waals surface area contributed by atoms with Crippen LogP contribution in [0.4, 0.5) is 0 Å². The van der Waals surface area contributed by atoms with Crippen molar-refractivity contribution >= 4 is 11.8 Å². The van der Waals surface area contributed by atoms with Gasteiger partial charge in [0.05, 0.1) is 12.0 Å². The molecule has 0 aromatic heterocycles.